The van der Waals surface area contributed by atoms with E-state index in [0.29, 0.717) is 20.7 Å². The van der Waals surface area contributed by atoms with Gasteiger partial charge < -0.3 is 5.32 Å². The zero-order valence-electron chi connectivity index (χ0n) is 10.1. The quantitative estimate of drug-likeness (QED) is 0.854. The highest BCUT2D eigenvalue weighted by Crippen LogP contribution is 2.26. The molecule has 1 N–H and O–H groups in total. The molecule has 2 aromatic carbocycles. The molecule has 6 heteroatoms. The van der Waals surface area contributed by atoms with E-state index in [1.807, 2.05) is 0 Å². The smallest absolute Gasteiger partial charge is 0.228 e. The number of carbonyl (C=O) groups is 1. The first-order valence-corrected chi connectivity index (χ1v) is 6.81. The predicted molar refractivity (Wildman–Crippen MR) is 77.8 cm³/mol. The Labute approximate surface area is 127 Å². The number of rotatable bonds is 3. The molecule has 0 unspecified atom stereocenters. The first-order valence-electron chi connectivity index (χ1n) is 5.64. The molecule has 0 atom stereocenters. The number of halogens is 4. The second-order valence-electron chi connectivity index (χ2n) is 4.10. The Hall–Kier alpha value is -1.46. The number of hydrogen-bond donors (Lipinski definition) is 1. The summed E-state index contributed by atoms with van der Waals surface area (Å²) in [5, 5.41) is 3.13. The average molecular weight is 361 g/mol. The summed E-state index contributed by atoms with van der Waals surface area (Å²) in [4.78, 5) is 11.9. The fraction of sp³-hybridized carbons (Fsp3) is 0.0714. The van der Waals surface area contributed by atoms with Crippen LogP contribution in [0.1, 0.15) is 5.56 Å². The van der Waals surface area contributed by atoms with E-state index in [-0.39, 0.29) is 12.3 Å². The van der Waals surface area contributed by atoms with Crippen molar-refractivity contribution in [3.63, 3.8) is 0 Å². The molecule has 2 aromatic rings. The molecule has 0 saturated carbocycles. The van der Waals surface area contributed by atoms with Gasteiger partial charge in [0, 0.05) is 9.50 Å². The lowest BCUT2D eigenvalue weighted by Crippen LogP contribution is -2.15. The SMILES string of the molecule is O=C(Cc1ccc(F)c(F)c1)Nc1cc(Cl)ccc1Br. The molecule has 0 aliphatic rings. The maximum atomic E-state index is 13.0. The van der Waals surface area contributed by atoms with Crippen LogP contribution >= 0.6 is 27.5 Å². The Morgan fingerprint density at radius 2 is 1.90 bits per heavy atom. The van der Waals surface area contributed by atoms with Crippen molar-refractivity contribution in [2.45, 2.75) is 6.42 Å². The predicted octanol–water partition coefficient (Wildman–Crippen LogP) is 4.56. The van der Waals surface area contributed by atoms with Crippen molar-refractivity contribution in [3.05, 3.63) is 63.1 Å². The molecule has 0 heterocycles. The first-order chi connectivity index (χ1) is 9.45. The summed E-state index contributed by atoms with van der Waals surface area (Å²) in [5.41, 5.74) is 0.907. The van der Waals surface area contributed by atoms with Gasteiger partial charge in [-0.05, 0) is 51.8 Å². The van der Waals surface area contributed by atoms with Gasteiger partial charge in [0.2, 0.25) is 5.91 Å². The van der Waals surface area contributed by atoms with E-state index in [0.717, 1.165) is 12.1 Å². The molecule has 2 rings (SSSR count). The van der Waals surface area contributed by atoms with Crippen LogP contribution in [-0.2, 0) is 11.2 Å². The van der Waals surface area contributed by atoms with Gasteiger partial charge in [-0.2, -0.15) is 0 Å². The minimum Gasteiger partial charge on any atom is -0.325 e. The minimum absolute atomic E-state index is 0.0594. The molecule has 104 valence electrons. The fourth-order valence-electron chi connectivity index (χ4n) is 1.62. The summed E-state index contributed by atoms with van der Waals surface area (Å²) in [6.45, 7) is 0. The molecule has 0 fully saturated rings. The van der Waals surface area contributed by atoms with Crippen LogP contribution in [0.3, 0.4) is 0 Å². The van der Waals surface area contributed by atoms with Crippen LogP contribution in [0.5, 0.6) is 0 Å². The Morgan fingerprint density at radius 1 is 1.15 bits per heavy atom. The molecule has 0 aromatic heterocycles. The number of benzene rings is 2. The van der Waals surface area contributed by atoms with E-state index in [1.54, 1.807) is 18.2 Å². The summed E-state index contributed by atoms with van der Waals surface area (Å²) in [5.74, 6) is -2.26. The standard InChI is InChI=1S/C14H9BrClF2NO/c15-10-3-2-9(16)7-13(10)19-14(20)6-8-1-4-11(17)12(18)5-8/h1-5,7H,6H2,(H,19,20). The van der Waals surface area contributed by atoms with E-state index in [4.69, 9.17) is 11.6 Å². The Morgan fingerprint density at radius 3 is 2.60 bits per heavy atom. The van der Waals surface area contributed by atoms with Crippen molar-refractivity contribution >= 4 is 39.1 Å². The van der Waals surface area contributed by atoms with Crippen molar-refractivity contribution in [1.82, 2.24) is 0 Å². The summed E-state index contributed by atoms with van der Waals surface area (Å²) in [6.07, 6.45) is -0.0594. The van der Waals surface area contributed by atoms with Gasteiger partial charge in [-0.25, -0.2) is 8.78 Å². The van der Waals surface area contributed by atoms with Crippen molar-refractivity contribution in [2.75, 3.05) is 5.32 Å². The van der Waals surface area contributed by atoms with E-state index in [2.05, 4.69) is 21.2 Å². The van der Waals surface area contributed by atoms with Gasteiger partial charge >= 0.3 is 0 Å². The normalized spacial score (nSPS) is 10.4. The van der Waals surface area contributed by atoms with Gasteiger partial charge in [-0.3, -0.25) is 4.79 Å². The Kier molecular flexibility index (Phi) is 4.73. The third kappa shape index (κ3) is 3.77. The minimum atomic E-state index is -0.973. The van der Waals surface area contributed by atoms with Gasteiger partial charge in [0.1, 0.15) is 0 Å². The topological polar surface area (TPSA) is 29.1 Å². The van der Waals surface area contributed by atoms with Gasteiger partial charge in [0.25, 0.3) is 0 Å². The number of amides is 1. The summed E-state index contributed by atoms with van der Waals surface area (Å²) >= 11 is 9.12. The maximum Gasteiger partial charge on any atom is 0.228 e. The van der Waals surface area contributed by atoms with Gasteiger partial charge in [-0.1, -0.05) is 17.7 Å². The Bertz CT molecular complexity index is 664. The molecule has 0 aliphatic carbocycles. The summed E-state index contributed by atoms with van der Waals surface area (Å²) in [7, 11) is 0. The van der Waals surface area contributed by atoms with E-state index in [9.17, 15) is 13.6 Å². The molecular formula is C14H9BrClF2NO. The van der Waals surface area contributed by atoms with Gasteiger partial charge in [0.05, 0.1) is 12.1 Å². The molecule has 0 radical (unpaired) electrons. The highest BCUT2D eigenvalue weighted by Gasteiger charge is 2.09. The van der Waals surface area contributed by atoms with Crippen LogP contribution < -0.4 is 5.32 Å². The molecule has 0 saturated heterocycles. The average Bonchev–Trinajstić information content (AvgIpc) is 2.38. The van der Waals surface area contributed by atoms with Crippen LogP contribution in [-0.4, -0.2) is 5.91 Å². The lowest BCUT2D eigenvalue weighted by Gasteiger charge is -2.08. The lowest BCUT2D eigenvalue weighted by molar-refractivity contribution is -0.115. The van der Waals surface area contributed by atoms with Crippen LogP contribution in [0.4, 0.5) is 14.5 Å². The summed E-state index contributed by atoms with van der Waals surface area (Å²) < 4.78 is 26.5. The highest BCUT2D eigenvalue weighted by molar-refractivity contribution is 9.10. The second kappa shape index (κ2) is 6.33. The number of anilines is 1. The third-order valence-electron chi connectivity index (χ3n) is 2.55. The summed E-state index contributed by atoms with van der Waals surface area (Å²) in [6, 6.07) is 8.33. The largest absolute Gasteiger partial charge is 0.325 e. The molecule has 2 nitrogen and oxygen atoms in total. The molecule has 0 bridgehead atoms. The molecule has 1 amide bonds. The van der Waals surface area contributed by atoms with Crippen molar-refractivity contribution in [3.8, 4) is 0 Å². The molecule has 20 heavy (non-hydrogen) atoms. The third-order valence-corrected chi connectivity index (χ3v) is 3.48. The van der Waals surface area contributed by atoms with Crippen LogP contribution in [0.25, 0.3) is 0 Å². The molecular weight excluding hydrogens is 352 g/mol. The van der Waals surface area contributed by atoms with Crippen molar-refractivity contribution in [2.24, 2.45) is 0 Å². The fourth-order valence-corrected chi connectivity index (χ4v) is 2.14. The van der Waals surface area contributed by atoms with Gasteiger partial charge in [-0.15, -0.1) is 0 Å². The molecule has 0 aliphatic heterocycles. The number of carbonyl (C=O) groups excluding carboxylic acids is 1. The Balaban J connectivity index is 2.09. The van der Waals surface area contributed by atoms with Crippen molar-refractivity contribution in [1.29, 1.82) is 0 Å². The van der Waals surface area contributed by atoms with Crippen LogP contribution in [0, 0.1) is 11.6 Å². The van der Waals surface area contributed by atoms with E-state index in [1.165, 1.54) is 6.07 Å². The lowest BCUT2D eigenvalue weighted by atomic mass is 10.1. The van der Waals surface area contributed by atoms with Crippen LogP contribution in [0.2, 0.25) is 5.02 Å². The van der Waals surface area contributed by atoms with Crippen LogP contribution in [0.15, 0.2) is 40.9 Å². The first kappa shape index (κ1) is 14.9. The van der Waals surface area contributed by atoms with E-state index >= 15 is 0 Å². The van der Waals surface area contributed by atoms with E-state index < -0.39 is 11.6 Å². The monoisotopic (exact) mass is 359 g/mol. The molecule has 0 spiro atoms. The van der Waals surface area contributed by atoms with Gasteiger partial charge in [0.15, 0.2) is 11.6 Å². The zero-order chi connectivity index (χ0) is 14.7. The zero-order valence-corrected chi connectivity index (χ0v) is 12.4. The number of nitrogens with one attached hydrogen (secondary N) is 1. The second-order valence-corrected chi connectivity index (χ2v) is 5.39. The highest BCUT2D eigenvalue weighted by atomic mass is 79.9. The van der Waals surface area contributed by atoms with Crippen molar-refractivity contribution < 1.29 is 13.6 Å². The number of hydrogen-bond acceptors (Lipinski definition) is 1. The maximum absolute atomic E-state index is 13.0.